The third-order valence-corrected chi connectivity index (χ3v) is 7.30. The van der Waals surface area contributed by atoms with Crippen LogP contribution in [0.3, 0.4) is 0 Å². The van der Waals surface area contributed by atoms with Crippen molar-refractivity contribution in [3.05, 3.63) is 101 Å². The average molecular weight is 538 g/mol. The average Bonchev–Trinajstić information content (AvgIpc) is 3.29. The Morgan fingerprint density at radius 2 is 1.65 bits per heavy atom. The van der Waals surface area contributed by atoms with E-state index in [1.807, 2.05) is 24.3 Å². The molecule has 0 aliphatic heterocycles. The Morgan fingerprint density at radius 3 is 2.27 bits per heavy atom. The van der Waals surface area contributed by atoms with Gasteiger partial charge in [-0.2, -0.15) is 0 Å². The van der Waals surface area contributed by atoms with Gasteiger partial charge in [0, 0.05) is 37.3 Å². The molecule has 0 amide bonds. The number of hydrogen-bond acceptors (Lipinski definition) is 4. The molecule has 0 saturated carbocycles. The summed E-state index contributed by atoms with van der Waals surface area (Å²) in [6.07, 6.45) is 2.21. The van der Waals surface area contributed by atoms with Gasteiger partial charge in [0.15, 0.2) is 0 Å². The van der Waals surface area contributed by atoms with E-state index in [0.29, 0.717) is 11.5 Å². The van der Waals surface area contributed by atoms with Crippen molar-refractivity contribution in [2.24, 2.45) is 5.92 Å². The maximum Gasteiger partial charge on any atom is 0.337 e. The molecule has 0 saturated heterocycles. The first-order valence-corrected chi connectivity index (χ1v) is 14.4. The van der Waals surface area contributed by atoms with Gasteiger partial charge in [-0.1, -0.05) is 93.4 Å². The summed E-state index contributed by atoms with van der Waals surface area (Å²) in [4.78, 5) is 19.8. The van der Waals surface area contributed by atoms with Crippen LogP contribution < -0.4 is 0 Å². The highest BCUT2D eigenvalue weighted by Gasteiger charge is 2.23. The van der Waals surface area contributed by atoms with Crippen LogP contribution in [0, 0.1) is 19.8 Å². The zero-order valence-electron chi connectivity index (χ0n) is 24.9. The number of hydrogen-bond donors (Lipinski definition) is 0. The van der Waals surface area contributed by atoms with Crippen molar-refractivity contribution in [1.82, 2.24) is 14.5 Å². The predicted octanol–water partition coefficient (Wildman–Crippen LogP) is 8.08. The third kappa shape index (κ3) is 7.08. The normalized spacial score (nSPS) is 11.4. The quantitative estimate of drug-likeness (QED) is 0.171. The van der Waals surface area contributed by atoms with Gasteiger partial charge in [-0.05, 0) is 49.4 Å². The fourth-order valence-corrected chi connectivity index (χ4v) is 5.21. The number of unbranched alkanes of at least 4 members (excludes halogenated alkanes) is 1. The minimum Gasteiger partial charge on any atom is -0.465 e. The van der Waals surface area contributed by atoms with Gasteiger partial charge in [0.2, 0.25) is 0 Å². The van der Waals surface area contributed by atoms with Crippen molar-refractivity contribution in [2.45, 2.75) is 67.1 Å². The van der Waals surface area contributed by atoms with Crippen molar-refractivity contribution in [1.29, 1.82) is 0 Å². The highest BCUT2D eigenvalue weighted by molar-refractivity contribution is 5.89. The summed E-state index contributed by atoms with van der Waals surface area (Å²) >= 11 is 0. The monoisotopic (exact) mass is 537 g/mol. The number of rotatable bonds is 12. The van der Waals surface area contributed by atoms with Crippen molar-refractivity contribution < 1.29 is 9.53 Å². The number of aromatic nitrogens is 2. The highest BCUT2D eigenvalue weighted by atomic mass is 16.5. The van der Waals surface area contributed by atoms with E-state index in [0.717, 1.165) is 56.1 Å². The zero-order valence-corrected chi connectivity index (χ0v) is 24.9. The Labute approximate surface area is 239 Å². The van der Waals surface area contributed by atoms with Crippen LogP contribution in [-0.4, -0.2) is 34.1 Å². The Bertz CT molecular complexity index is 1400. The van der Waals surface area contributed by atoms with Gasteiger partial charge in [-0.15, -0.1) is 0 Å². The summed E-state index contributed by atoms with van der Waals surface area (Å²) in [7, 11) is 1.42. The van der Waals surface area contributed by atoms with E-state index >= 15 is 0 Å². The topological polar surface area (TPSA) is 47.4 Å². The lowest BCUT2D eigenvalue weighted by Crippen LogP contribution is -2.28. The molecule has 5 heteroatoms. The molecule has 1 heterocycles. The van der Waals surface area contributed by atoms with Crippen molar-refractivity contribution in [3.63, 3.8) is 0 Å². The minimum atomic E-state index is -0.308. The predicted molar refractivity (Wildman–Crippen MR) is 164 cm³/mol. The molecule has 0 aliphatic rings. The van der Waals surface area contributed by atoms with E-state index < -0.39 is 0 Å². The molecule has 1 aromatic heterocycles. The van der Waals surface area contributed by atoms with Crippen LogP contribution in [0.5, 0.6) is 0 Å². The molecule has 4 rings (SSSR count). The SMILES string of the molecule is CCCCn1c(-c2ccccc2C)nc(-c2ccc(C)cc2)c1CN(Cc1ccc(C(=O)OC)cc1)CC(C)C. The molecular formula is C35H43N3O2. The fraction of sp³-hybridized carbons (Fsp3) is 0.371. The first-order chi connectivity index (χ1) is 19.3. The molecule has 0 radical (unpaired) electrons. The van der Waals surface area contributed by atoms with E-state index in [4.69, 9.17) is 9.72 Å². The van der Waals surface area contributed by atoms with E-state index in [2.05, 4.69) is 92.6 Å². The van der Waals surface area contributed by atoms with E-state index in [9.17, 15) is 4.79 Å². The molecule has 0 fully saturated rings. The van der Waals surface area contributed by atoms with Gasteiger partial charge in [-0.3, -0.25) is 4.90 Å². The summed E-state index contributed by atoms with van der Waals surface area (Å²) in [5.41, 5.74) is 8.87. The van der Waals surface area contributed by atoms with E-state index in [1.54, 1.807) is 0 Å². The fourth-order valence-electron chi connectivity index (χ4n) is 5.21. The Kier molecular flexibility index (Phi) is 9.94. The van der Waals surface area contributed by atoms with Gasteiger partial charge in [0.05, 0.1) is 24.1 Å². The number of carbonyl (C=O) groups is 1. The van der Waals surface area contributed by atoms with Crippen LogP contribution in [-0.2, 0) is 24.4 Å². The maximum atomic E-state index is 12.0. The van der Waals surface area contributed by atoms with Gasteiger partial charge in [0.25, 0.3) is 0 Å². The molecule has 4 aromatic rings. The molecular weight excluding hydrogens is 494 g/mol. The molecule has 210 valence electrons. The number of esters is 1. The van der Waals surface area contributed by atoms with Crippen LogP contribution in [0.2, 0.25) is 0 Å². The third-order valence-electron chi connectivity index (χ3n) is 7.30. The maximum absolute atomic E-state index is 12.0. The van der Waals surface area contributed by atoms with Crippen LogP contribution >= 0.6 is 0 Å². The second-order valence-electron chi connectivity index (χ2n) is 11.2. The number of aryl methyl sites for hydroxylation is 2. The van der Waals surface area contributed by atoms with Gasteiger partial charge >= 0.3 is 5.97 Å². The van der Waals surface area contributed by atoms with Gasteiger partial charge in [0.1, 0.15) is 5.82 Å². The summed E-state index contributed by atoms with van der Waals surface area (Å²) < 4.78 is 7.35. The minimum absolute atomic E-state index is 0.308. The first kappa shape index (κ1) is 29.3. The Morgan fingerprint density at radius 1 is 0.950 bits per heavy atom. The Hall–Kier alpha value is -3.70. The molecule has 0 atom stereocenters. The molecule has 0 unspecified atom stereocenters. The summed E-state index contributed by atoms with van der Waals surface area (Å²) in [5.74, 6) is 1.24. The van der Waals surface area contributed by atoms with E-state index in [-0.39, 0.29) is 5.97 Å². The van der Waals surface area contributed by atoms with Crippen molar-refractivity contribution >= 4 is 5.97 Å². The highest BCUT2D eigenvalue weighted by Crippen LogP contribution is 2.33. The molecule has 3 aromatic carbocycles. The number of nitrogens with zero attached hydrogens (tertiary/aromatic N) is 3. The van der Waals surface area contributed by atoms with Crippen LogP contribution in [0.15, 0.2) is 72.8 Å². The molecule has 0 N–H and O–H groups in total. The van der Waals surface area contributed by atoms with Crippen LogP contribution in [0.4, 0.5) is 0 Å². The molecule has 0 aliphatic carbocycles. The first-order valence-electron chi connectivity index (χ1n) is 14.4. The molecule has 5 nitrogen and oxygen atoms in total. The van der Waals surface area contributed by atoms with E-state index in [1.165, 1.54) is 35.1 Å². The van der Waals surface area contributed by atoms with Crippen LogP contribution in [0.1, 0.15) is 66.4 Å². The number of imidazole rings is 1. The number of methoxy groups -OCH3 is 1. The standard InChI is InChI=1S/C35H43N3O2/c1-7-8-21-38-32(24-37(22-25(2)3)23-28-15-19-30(20-16-28)35(39)40-6)33(29-17-13-26(4)14-18-29)36-34(38)31-12-10-9-11-27(31)5/h9-20,25H,7-8,21-24H2,1-6H3. The number of ether oxygens (including phenoxy) is 1. The number of carbonyl (C=O) groups excluding carboxylic acids is 1. The second kappa shape index (κ2) is 13.6. The lowest BCUT2D eigenvalue weighted by Gasteiger charge is -2.26. The molecule has 0 spiro atoms. The molecule has 0 bridgehead atoms. The molecule has 40 heavy (non-hydrogen) atoms. The summed E-state index contributed by atoms with van der Waals surface area (Å²) in [6.45, 7) is 14.5. The van der Waals surface area contributed by atoms with Gasteiger partial charge < -0.3 is 9.30 Å². The summed E-state index contributed by atoms with van der Waals surface area (Å²) in [6, 6.07) is 25.1. The lowest BCUT2D eigenvalue weighted by atomic mass is 10.1. The second-order valence-corrected chi connectivity index (χ2v) is 11.2. The summed E-state index contributed by atoms with van der Waals surface area (Å²) in [5, 5.41) is 0. The van der Waals surface area contributed by atoms with Crippen molar-refractivity contribution in [2.75, 3.05) is 13.7 Å². The zero-order chi connectivity index (χ0) is 28.6. The Balaban J connectivity index is 1.80. The van der Waals surface area contributed by atoms with Crippen molar-refractivity contribution in [3.8, 4) is 22.6 Å². The van der Waals surface area contributed by atoms with Crippen LogP contribution in [0.25, 0.3) is 22.6 Å². The largest absolute Gasteiger partial charge is 0.465 e. The van der Waals surface area contributed by atoms with Gasteiger partial charge in [-0.25, -0.2) is 9.78 Å². The lowest BCUT2D eigenvalue weighted by molar-refractivity contribution is 0.0600. The number of benzene rings is 3. The smallest absolute Gasteiger partial charge is 0.337 e.